The monoisotopic (exact) mass is 350 g/mol. The van der Waals surface area contributed by atoms with E-state index in [0.29, 0.717) is 17.1 Å². The van der Waals surface area contributed by atoms with Crippen LogP contribution in [0.1, 0.15) is 5.56 Å². The third kappa shape index (κ3) is 3.83. The summed E-state index contributed by atoms with van der Waals surface area (Å²) < 4.78 is 13.0. The number of nitrogens with zero attached hydrogens (tertiary/aromatic N) is 2. The largest absolute Gasteiger partial charge is 0.360 e. The zero-order chi connectivity index (χ0) is 17.1. The van der Waals surface area contributed by atoms with E-state index in [1.807, 2.05) is 0 Å². The van der Waals surface area contributed by atoms with Gasteiger partial charge in [0.1, 0.15) is 12.4 Å². The molecule has 1 fully saturated rings. The Hall–Kier alpha value is -2.18. The minimum Gasteiger partial charge on any atom is -0.360 e. The van der Waals surface area contributed by atoms with Gasteiger partial charge in [-0.05, 0) is 36.4 Å². The van der Waals surface area contributed by atoms with Crippen LogP contribution in [0.3, 0.4) is 0 Å². The van der Waals surface area contributed by atoms with E-state index >= 15 is 0 Å². The quantitative estimate of drug-likeness (QED) is 0.680. The van der Waals surface area contributed by atoms with Gasteiger partial charge in [-0.15, -0.1) is 0 Å². The van der Waals surface area contributed by atoms with Crippen molar-refractivity contribution in [1.82, 2.24) is 0 Å². The summed E-state index contributed by atoms with van der Waals surface area (Å²) in [4.78, 5) is 14.3. The Morgan fingerprint density at radius 3 is 2.46 bits per heavy atom. The van der Waals surface area contributed by atoms with Crippen molar-refractivity contribution in [3.05, 3.63) is 69.0 Å². The van der Waals surface area contributed by atoms with Crippen molar-refractivity contribution >= 4 is 23.0 Å². The lowest BCUT2D eigenvalue weighted by Crippen LogP contribution is -3.13. The van der Waals surface area contributed by atoms with Gasteiger partial charge in [0.2, 0.25) is 0 Å². The van der Waals surface area contributed by atoms with Crippen LogP contribution in [0.2, 0.25) is 5.02 Å². The fraction of sp³-hybridized carbons (Fsp3) is 0.294. The summed E-state index contributed by atoms with van der Waals surface area (Å²) in [5, 5.41) is 11.7. The lowest BCUT2D eigenvalue weighted by atomic mass is 10.1. The SMILES string of the molecule is O=[N+]([O-])c1ccc(Cl)cc1C[NH+]1CCN(c2ccc(F)cc2)CC1. The zero-order valence-corrected chi connectivity index (χ0v) is 13.8. The number of nitro benzene ring substituents is 1. The molecule has 0 unspecified atom stereocenters. The van der Waals surface area contributed by atoms with Crippen LogP contribution in [-0.4, -0.2) is 31.1 Å². The Balaban J connectivity index is 1.64. The summed E-state index contributed by atoms with van der Waals surface area (Å²) in [6.45, 7) is 3.96. The topological polar surface area (TPSA) is 50.8 Å². The third-order valence-corrected chi connectivity index (χ3v) is 4.58. The van der Waals surface area contributed by atoms with Gasteiger partial charge in [-0.3, -0.25) is 10.1 Å². The van der Waals surface area contributed by atoms with Crippen LogP contribution in [0, 0.1) is 15.9 Å². The lowest BCUT2D eigenvalue weighted by molar-refractivity contribution is -0.914. The number of benzene rings is 2. The number of quaternary nitrogens is 1. The van der Waals surface area contributed by atoms with Crippen LogP contribution in [0.4, 0.5) is 15.8 Å². The first-order chi connectivity index (χ1) is 11.5. The van der Waals surface area contributed by atoms with Gasteiger partial charge >= 0.3 is 0 Å². The Kier molecular flexibility index (Phi) is 4.97. The third-order valence-electron chi connectivity index (χ3n) is 4.34. The van der Waals surface area contributed by atoms with Crippen molar-refractivity contribution in [2.45, 2.75) is 6.54 Å². The van der Waals surface area contributed by atoms with Crippen LogP contribution in [-0.2, 0) is 6.54 Å². The molecule has 0 saturated carbocycles. The Morgan fingerprint density at radius 2 is 1.83 bits per heavy atom. The number of rotatable bonds is 4. The number of piperazine rings is 1. The average Bonchev–Trinajstić information content (AvgIpc) is 2.56. The number of anilines is 1. The number of hydrogen-bond donors (Lipinski definition) is 1. The van der Waals surface area contributed by atoms with E-state index in [9.17, 15) is 14.5 Å². The van der Waals surface area contributed by atoms with Gasteiger partial charge in [0.25, 0.3) is 5.69 Å². The van der Waals surface area contributed by atoms with Gasteiger partial charge in [-0.25, -0.2) is 4.39 Å². The molecule has 2 aromatic rings. The van der Waals surface area contributed by atoms with Crippen molar-refractivity contribution in [2.24, 2.45) is 0 Å². The maximum Gasteiger partial charge on any atom is 0.278 e. The van der Waals surface area contributed by atoms with Crippen molar-refractivity contribution in [1.29, 1.82) is 0 Å². The minimum absolute atomic E-state index is 0.118. The molecule has 0 spiro atoms. The van der Waals surface area contributed by atoms with Gasteiger partial charge in [0.15, 0.2) is 0 Å². The zero-order valence-electron chi connectivity index (χ0n) is 13.0. The lowest BCUT2D eigenvalue weighted by Gasteiger charge is -2.33. The Bertz CT molecular complexity index is 731. The first kappa shape index (κ1) is 16.7. The number of hydrogen-bond acceptors (Lipinski definition) is 3. The molecule has 1 aliphatic rings. The summed E-state index contributed by atoms with van der Waals surface area (Å²) in [7, 11) is 0. The molecule has 1 N–H and O–H groups in total. The molecule has 0 aromatic heterocycles. The van der Waals surface area contributed by atoms with Crippen LogP contribution in [0.15, 0.2) is 42.5 Å². The summed E-state index contributed by atoms with van der Waals surface area (Å²) in [5.41, 5.74) is 1.79. The number of nitro groups is 1. The van der Waals surface area contributed by atoms with E-state index < -0.39 is 0 Å². The molecule has 0 aliphatic carbocycles. The van der Waals surface area contributed by atoms with E-state index in [-0.39, 0.29) is 16.4 Å². The van der Waals surface area contributed by atoms with Gasteiger partial charge in [0.05, 0.1) is 36.7 Å². The molecule has 1 heterocycles. The summed E-state index contributed by atoms with van der Waals surface area (Å²) in [6.07, 6.45) is 0. The standard InChI is InChI=1S/C17H17ClFN3O2/c18-14-1-6-17(22(23)24)13(11-14)12-20-7-9-21(10-8-20)16-4-2-15(19)3-5-16/h1-6,11H,7-10,12H2/p+1. The predicted molar refractivity (Wildman–Crippen MR) is 91.1 cm³/mol. The van der Waals surface area contributed by atoms with Gasteiger partial charge in [0, 0.05) is 16.8 Å². The molecular formula is C17H18ClFN3O2+. The molecule has 0 atom stereocenters. The predicted octanol–water partition coefficient (Wildman–Crippen LogP) is 2.29. The highest BCUT2D eigenvalue weighted by Crippen LogP contribution is 2.22. The molecule has 0 bridgehead atoms. The van der Waals surface area contributed by atoms with E-state index in [4.69, 9.17) is 11.6 Å². The highest BCUT2D eigenvalue weighted by atomic mass is 35.5. The van der Waals surface area contributed by atoms with Crippen LogP contribution in [0.25, 0.3) is 0 Å². The number of nitrogens with one attached hydrogen (secondary N) is 1. The average molecular weight is 351 g/mol. The van der Waals surface area contributed by atoms with E-state index in [0.717, 1.165) is 31.9 Å². The van der Waals surface area contributed by atoms with E-state index in [1.54, 1.807) is 24.3 Å². The molecule has 1 aliphatic heterocycles. The molecule has 126 valence electrons. The molecular weight excluding hydrogens is 333 g/mol. The van der Waals surface area contributed by atoms with Crippen molar-refractivity contribution < 1.29 is 14.2 Å². The van der Waals surface area contributed by atoms with Crippen LogP contribution < -0.4 is 9.80 Å². The van der Waals surface area contributed by atoms with Gasteiger partial charge < -0.3 is 9.80 Å². The number of halogens is 2. The minimum atomic E-state index is -0.361. The summed E-state index contributed by atoms with van der Waals surface area (Å²) in [5.74, 6) is -0.240. The second-order valence-electron chi connectivity index (χ2n) is 5.92. The Morgan fingerprint density at radius 1 is 1.17 bits per heavy atom. The molecule has 1 saturated heterocycles. The van der Waals surface area contributed by atoms with Crippen molar-refractivity contribution in [3.63, 3.8) is 0 Å². The fourth-order valence-electron chi connectivity index (χ4n) is 3.05. The molecule has 24 heavy (non-hydrogen) atoms. The summed E-state index contributed by atoms with van der Waals surface area (Å²) in [6, 6.07) is 11.2. The van der Waals surface area contributed by atoms with Gasteiger partial charge in [-0.1, -0.05) is 11.6 Å². The summed E-state index contributed by atoms with van der Waals surface area (Å²) >= 11 is 5.98. The Labute approximate surface area is 144 Å². The van der Waals surface area contributed by atoms with E-state index in [2.05, 4.69) is 4.90 Å². The van der Waals surface area contributed by atoms with Crippen molar-refractivity contribution in [2.75, 3.05) is 31.1 Å². The maximum absolute atomic E-state index is 13.0. The van der Waals surface area contributed by atoms with Crippen LogP contribution >= 0.6 is 11.6 Å². The first-order valence-corrected chi connectivity index (χ1v) is 8.17. The van der Waals surface area contributed by atoms with Gasteiger partial charge in [-0.2, -0.15) is 0 Å². The smallest absolute Gasteiger partial charge is 0.278 e. The van der Waals surface area contributed by atoms with Crippen LogP contribution in [0.5, 0.6) is 0 Å². The highest BCUT2D eigenvalue weighted by molar-refractivity contribution is 6.30. The molecule has 3 rings (SSSR count). The molecule has 7 heteroatoms. The highest BCUT2D eigenvalue weighted by Gasteiger charge is 2.24. The molecule has 2 aromatic carbocycles. The maximum atomic E-state index is 13.0. The molecule has 0 amide bonds. The van der Waals surface area contributed by atoms with Crippen molar-refractivity contribution in [3.8, 4) is 0 Å². The normalized spacial score (nSPS) is 15.5. The second-order valence-corrected chi connectivity index (χ2v) is 6.36. The fourth-order valence-corrected chi connectivity index (χ4v) is 3.25. The van der Waals surface area contributed by atoms with E-state index in [1.165, 1.54) is 23.1 Å². The molecule has 0 radical (unpaired) electrons. The molecule has 5 nitrogen and oxygen atoms in total. The second kappa shape index (κ2) is 7.15. The first-order valence-electron chi connectivity index (χ1n) is 7.80.